The van der Waals surface area contributed by atoms with Crippen molar-refractivity contribution >= 4 is 0 Å². The summed E-state index contributed by atoms with van der Waals surface area (Å²) >= 11 is 0. The minimum Gasteiger partial charge on any atom is -0.360 e. The first-order chi connectivity index (χ1) is 7.28. The van der Waals surface area contributed by atoms with Crippen molar-refractivity contribution < 1.29 is 4.52 Å². The minimum atomic E-state index is 0.676. The molecule has 15 heavy (non-hydrogen) atoms. The zero-order valence-corrected chi connectivity index (χ0v) is 9.62. The number of aromatic nitrogens is 1. The number of hydrogen-bond donors (Lipinski definition) is 1. The van der Waals surface area contributed by atoms with Gasteiger partial charge in [0.05, 0.1) is 12.2 Å². The fraction of sp³-hybridized carbons (Fsp3) is 0.750. The van der Waals surface area contributed by atoms with Crippen LogP contribution in [0.5, 0.6) is 0 Å². The van der Waals surface area contributed by atoms with Gasteiger partial charge in [0.25, 0.3) is 0 Å². The van der Waals surface area contributed by atoms with Crippen LogP contribution in [0.15, 0.2) is 10.6 Å². The molecule has 2 unspecified atom stereocenters. The lowest BCUT2D eigenvalue weighted by atomic mass is 10.1. The molecular weight excluding hydrogens is 188 g/mol. The summed E-state index contributed by atoms with van der Waals surface area (Å²) in [6, 6.07) is 2.72. The average Bonchev–Trinajstić information content (AvgIpc) is 2.83. The molecule has 0 radical (unpaired) electrons. The topological polar surface area (TPSA) is 38.1 Å². The third kappa shape index (κ3) is 2.81. The van der Waals surface area contributed by atoms with Gasteiger partial charge in [0, 0.05) is 12.1 Å². The molecule has 3 heteroatoms. The lowest BCUT2D eigenvalue weighted by Crippen LogP contribution is -2.25. The third-order valence-corrected chi connectivity index (χ3v) is 3.23. The molecule has 0 aromatic carbocycles. The van der Waals surface area contributed by atoms with E-state index in [0.717, 1.165) is 30.3 Å². The maximum atomic E-state index is 5.23. The molecule has 2 atom stereocenters. The lowest BCUT2D eigenvalue weighted by Gasteiger charge is -2.09. The Morgan fingerprint density at radius 1 is 1.53 bits per heavy atom. The number of hydrogen-bond acceptors (Lipinski definition) is 3. The maximum Gasteiger partial charge on any atom is 0.150 e. The van der Waals surface area contributed by atoms with E-state index < -0.39 is 0 Å². The highest BCUT2D eigenvalue weighted by atomic mass is 16.5. The molecule has 1 aliphatic rings. The zero-order valence-electron chi connectivity index (χ0n) is 9.62. The van der Waals surface area contributed by atoms with Gasteiger partial charge < -0.3 is 9.84 Å². The van der Waals surface area contributed by atoms with Gasteiger partial charge >= 0.3 is 0 Å². The summed E-state index contributed by atoms with van der Waals surface area (Å²) in [6.45, 7) is 5.24. The summed E-state index contributed by atoms with van der Waals surface area (Å²) in [7, 11) is 0. The van der Waals surface area contributed by atoms with Crippen molar-refractivity contribution in [1.29, 1.82) is 0 Å². The molecule has 2 rings (SSSR count). The fourth-order valence-corrected chi connectivity index (χ4v) is 2.24. The molecule has 84 valence electrons. The third-order valence-electron chi connectivity index (χ3n) is 3.23. The Balaban J connectivity index is 1.77. The first kappa shape index (κ1) is 10.7. The van der Waals surface area contributed by atoms with Crippen LogP contribution >= 0.6 is 0 Å². The molecule has 0 bridgehead atoms. The van der Waals surface area contributed by atoms with E-state index in [0.29, 0.717) is 6.04 Å². The molecule has 3 nitrogen and oxygen atoms in total. The second kappa shape index (κ2) is 4.79. The monoisotopic (exact) mass is 208 g/mol. The molecule has 1 N–H and O–H groups in total. The number of rotatable bonds is 4. The van der Waals surface area contributed by atoms with Gasteiger partial charge in [-0.15, -0.1) is 0 Å². The summed E-state index contributed by atoms with van der Waals surface area (Å²) in [5.74, 6) is 1.84. The molecule has 0 aliphatic heterocycles. The summed E-state index contributed by atoms with van der Waals surface area (Å²) in [4.78, 5) is 0. The quantitative estimate of drug-likeness (QED) is 0.826. The normalized spacial score (nSPS) is 26.0. The molecular formula is C12H20N2O. The summed E-state index contributed by atoms with van der Waals surface area (Å²) in [5, 5.41) is 7.51. The Bertz CT molecular complexity index is 308. The first-order valence-corrected chi connectivity index (χ1v) is 5.95. The van der Waals surface area contributed by atoms with Crippen molar-refractivity contribution in [3.05, 3.63) is 17.5 Å². The molecule has 0 spiro atoms. The van der Waals surface area contributed by atoms with E-state index in [4.69, 9.17) is 4.52 Å². The second-order valence-electron chi connectivity index (χ2n) is 4.63. The number of aryl methyl sites for hydroxylation is 1. The molecule has 0 amide bonds. The molecule has 1 fully saturated rings. The number of nitrogens with zero attached hydrogens (tertiary/aromatic N) is 1. The molecule has 1 saturated carbocycles. The SMILES string of the molecule is CCc1cc(CNC2CCC(C)C2)on1. The molecule has 1 aromatic heterocycles. The Kier molecular flexibility index (Phi) is 3.41. The fourth-order valence-electron chi connectivity index (χ4n) is 2.24. The second-order valence-corrected chi connectivity index (χ2v) is 4.63. The van der Waals surface area contributed by atoms with E-state index in [-0.39, 0.29) is 0 Å². The summed E-state index contributed by atoms with van der Waals surface area (Å²) < 4.78 is 5.23. The van der Waals surface area contributed by atoms with E-state index in [2.05, 4.69) is 24.3 Å². The van der Waals surface area contributed by atoms with Crippen LogP contribution in [0.25, 0.3) is 0 Å². The highest BCUT2D eigenvalue weighted by Gasteiger charge is 2.20. The van der Waals surface area contributed by atoms with Crippen LogP contribution in [-0.4, -0.2) is 11.2 Å². The smallest absolute Gasteiger partial charge is 0.150 e. The van der Waals surface area contributed by atoms with Crippen molar-refractivity contribution in [2.45, 2.75) is 52.1 Å². The van der Waals surface area contributed by atoms with Crippen LogP contribution in [-0.2, 0) is 13.0 Å². The largest absolute Gasteiger partial charge is 0.360 e. The van der Waals surface area contributed by atoms with Gasteiger partial charge in [-0.2, -0.15) is 0 Å². The van der Waals surface area contributed by atoms with Gasteiger partial charge in [0.1, 0.15) is 0 Å². The molecule has 0 saturated heterocycles. The summed E-state index contributed by atoms with van der Waals surface area (Å²) in [6.07, 6.45) is 4.91. The van der Waals surface area contributed by atoms with Gasteiger partial charge in [-0.1, -0.05) is 19.0 Å². The van der Waals surface area contributed by atoms with Crippen molar-refractivity contribution in [2.24, 2.45) is 5.92 Å². The van der Waals surface area contributed by atoms with E-state index in [1.54, 1.807) is 0 Å². The average molecular weight is 208 g/mol. The van der Waals surface area contributed by atoms with Crippen LogP contribution < -0.4 is 5.32 Å². The molecule has 1 aliphatic carbocycles. The highest BCUT2D eigenvalue weighted by Crippen LogP contribution is 2.24. The van der Waals surface area contributed by atoms with Crippen LogP contribution in [0, 0.1) is 5.92 Å². The predicted octanol–water partition coefficient (Wildman–Crippen LogP) is 2.52. The van der Waals surface area contributed by atoms with E-state index in [9.17, 15) is 0 Å². The predicted molar refractivity (Wildman–Crippen MR) is 59.5 cm³/mol. The van der Waals surface area contributed by atoms with E-state index in [1.807, 2.05) is 6.07 Å². The van der Waals surface area contributed by atoms with Crippen LogP contribution in [0.3, 0.4) is 0 Å². The van der Waals surface area contributed by atoms with Gasteiger partial charge in [-0.25, -0.2) is 0 Å². The highest BCUT2D eigenvalue weighted by molar-refractivity contribution is 5.04. The van der Waals surface area contributed by atoms with E-state index >= 15 is 0 Å². The van der Waals surface area contributed by atoms with Crippen molar-refractivity contribution in [1.82, 2.24) is 10.5 Å². The van der Waals surface area contributed by atoms with E-state index in [1.165, 1.54) is 19.3 Å². The lowest BCUT2D eigenvalue weighted by molar-refractivity contribution is 0.357. The van der Waals surface area contributed by atoms with Crippen molar-refractivity contribution in [3.8, 4) is 0 Å². The molecule has 1 aromatic rings. The van der Waals surface area contributed by atoms with Gasteiger partial charge in [-0.05, 0) is 31.6 Å². The standard InChI is InChI=1S/C12H20N2O/c1-3-10-7-12(15-14-10)8-13-11-5-4-9(2)6-11/h7,9,11,13H,3-6,8H2,1-2H3. The Labute approximate surface area is 91.2 Å². The zero-order chi connectivity index (χ0) is 10.7. The Morgan fingerprint density at radius 3 is 3.00 bits per heavy atom. The van der Waals surface area contributed by atoms with Crippen molar-refractivity contribution in [3.63, 3.8) is 0 Å². The molecule has 1 heterocycles. The van der Waals surface area contributed by atoms with Crippen molar-refractivity contribution in [2.75, 3.05) is 0 Å². The van der Waals surface area contributed by atoms with Crippen LogP contribution in [0.4, 0.5) is 0 Å². The van der Waals surface area contributed by atoms with Crippen LogP contribution in [0.1, 0.15) is 44.6 Å². The number of nitrogens with one attached hydrogen (secondary N) is 1. The maximum absolute atomic E-state index is 5.23. The Morgan fingerprint density at radius 2 is 2.40 bits per heavy atom. The summed E-state index contributed by atoms with van der Waals surface area (Å²) in [5.41, 5.74) is 1.05. The minimum absolute atomic E-state index is 0.676. The Hall–Kier alpha value is -0.830. The van der Waals surface area contributed by atoms with Gasteiger partial charge in [-0.3, -0.25) is 0 Å². The van der Waals surface area contributed by atoms with Crippen LogP contribution in [0.2, 0.25) is 0 Å². The first-order valence-electron chi connectivity index (χ1n) is 5.95. The van der Waals surface area contributed by atoms with Gasteiger partial charge in [0.15, 0.2) is 5.76 Å². The van der Waals surface area contributed by atoms with Gasteiger partial charge in [0.2, 0.25) is 0 Å².